The molecular weight excluding hydrogens is 288 g/mol. The van der Waals surface area contributed by atoms with Crippen LogP contribution >= 0.6 is 12.6 Å². The van der Waals surface area contributed by atoms with Crippen LogP contribution in [0.4, 0.5) is 0 Å². The first kappa shape index (κ1) is 16.1. The molecule has 1 aliphatic carbocycles. The fraction of sp³-hybridized carbons (Fsp3) is 0.632. The molecule has 1 aromatic rings. The molecule has 1 aliphatic heterocycles. The summed E-state index contributed by atoms with van der Waals surface area (Å²) < 4.78 is -0.0604. The molecule has 0 bridgehead atoms. The molecule has 3 unspecified atom stereocenters. The highest BCUT2D eigenvalue weighted by Crippen LogP contribution is 2.45. The maximum Gasteiger partial charge on any atom is 0.0895 e. The molecule has 1 aromatic carbocycles. The largest absolute Gasteiger partial charge is 0.303 e. The average Bonchev–Trinajstić information content (AvgIpc) is 2.98. The van der Waals surface area contributed by atoms with Crippen molar-refractivity contribution in [1.82, 2.24) is 4.90 Å². The molecule has 2 aliphatic rings. The van der Waals surface area contributed by atoms with E-state index in [0.29, 0.717) is 0 Å². The highest BCUT2D eigenvalue weighted by Gasteiger charge is 2.39. The minimum absolute atomic E-state index is 0.0604. The summed E-state index contributed by atoms with van der Waals surface area (Å²) in [6.07, 6.45) is 6.06. The van der Waals surface area contributed by atoms with Gasteiger partial charge in [-0.05, 0) is 70.7 Å². The zero-order valence-corrected chi connectivity index (χ0v) is 14.9. The molecule has 3 atom stereocenters. The number of likely N-dealkylation sites (tertiary alicyclic amines) is 1. The predicted octanol–water partition coefficient (Wildman–Crippen LogP) is 4.31. The van der Waals surface area contributed by atoms with Gasteiger partial charge in [-0.3, -0.25) is 4.99 Å². The van der Waals surface area contributed by atoms with Gasteiger partial charge in [0.05, 0.1) is 6.04 Å². The van der Waals surface area contributed by atoms with Gasteiger partial charge in [0.1, 0.15) is 0 Å². The number of hydrogen-bond acceptors (Lipinski definition) is 3. The van der Waals surface area contributed by atoms with Gasteiger partial charge in [-0.15, -0.1) is 0 Å². The summed E-state index contributed by atoms with van der Waals surface area (Å²) in [6, 6.07) is 9.65. The molecule has 0 amide bonds. The van der Waals surface area contributed by atoms with Crippen molar-refractivity contribution in [3.8, 4) is 0 Å². The highest BCUT2D eigenvalue weighted by atomic mass is 32.1. The van der Waals surface area contributed by atoms with Gasteiger partial charge < -0.3 is 4.90 Å². The lowest BCUT2D eigenvalue weighted by Crippen LogP contribution is -2.25. The third-order valence-electron chi connectivity index (χ3n) is 5.35. The standard InChI is InChI=1S/C19H28N2S/c1-14(10-11-16-8-6-12-21(16)3)20-18-17-9-5-4-7-15(17)13-19(18,2)22/h4-5,7,9,16,18,22H,6,8,10-13H2,1-3H3. The van der Waals surface area contributed by atoms with E-state index in [0.717, 1.165) is 18.9 Å². The molecule has 1 heterocycles. The second-order valence-corrected chi connectivity index (χ2v) is 8.34. The first-order valence-corrected chi connectivity index (χ1v) is 8.96. The van der Waals surface area contributed by atoms with E-state index in [1.807, 2.05) is 0 Å². The Kier molecular flexibility index (Phi) is 4.65. The Morgan fingerprint density at radius 3 is 2.91 bits per heavy atom. The van der Waals surface area contributed by atoms with Crippen molar-refractivity contribution in [2.24, 2.45) is 4.99 Å². The molecule has 22 heavy (non-hydrogen) atoms. The monoisotopic (exact) mass is 316 g/mol. The summed E-state index contributed by atoms with van der Waals surface area (Å²) in [6.45, 7) is 5.67. The van der Waals surface area contributed by atoms with Gasteiger partial charge in [0.2, 0.25) is 0 Å². The Morgan fingerprint density at radius 1 is 1.41 bits per heavy atom. The lowest BCUT2D eigenvalue weighted by Gasteiger charge is -2.24. The molecule has 0 spiro atoms. The first-order valence-electron chi connectivity index (χ1n) is 8.51. The number of nitrogens with zero attached hydrogens (tertiary/aromatic N) is 2. The maximum absolute atomic E-state index is 5.08. The number of fused-ring (bicyclic) bond motifs is 1. The van der Waals surface area contributed by atoms with Crippen molar-refractivity contribution in [2.75, 3.05) is 13.6 Å². The van der Waals surface area contributed by atoms with Gasteiger partial charge in [0.25, 0.3) is 0 Å². The van der Waals surface area contributed by atoms with E-state index in [4.69, 9.17) is 17.6 Å². The summed E-state index contributed by atoms with van der Waals surface area (Å²) in [7, 11) is 2.25. The number of aliphatic imine (C=N–C) groups is 1. The third-order valence-corrected chi connectivity index (χ3v) is 5.75. The van der Waals surface area contributed by atoms with Crippen LogP contribution in [0.25, 0.3) is 0 Å². The summed E-state index contributed by atoms with van der Waals surface area (Å²) in [5.74, 6) is 0. The lowest BCUT2D eigenvalue weighted by molar-refractivity contribution is 0.299. The highest BCUT2D eigenvalue weighted by molar-refractivity contribution is 7.81. The lowest BCUT2D eigenvalue weighted by atomic mass is 10.0. The Labute approximate surface area is 140 Å². The summed E-state index contributed by atoms with van der Waals surface area (Å²) in [4.78, 5) is 7.58. The van der Waals surface area contributed by atoms with Crippen LogP contribution in [0.2, 0.25) is 0 Å². The Balaban J connectivity index is 1.70. The molecule has 0 N–H and O–H groups in total. The van der Waals surface area contributed by atoms with E-state index < -0.39 is 0 Å². The average molecular weight is 317 g/mol. The van der Waals surface area contributed by atoms with Crippen molar-refractivity contribution in [3.05, 3.63) is 35.4 Å². The molecule has 0 aromatic heterocycles. The van der Waals surface area contributed by atoms with Gasteiger partial charge >= 0.3 is 0 Å². The maximum atomic E-state index is 5.08. The molecular formula is C19H28N2S. The van der Waals surface area contributed by atoms with Crippen LogP contribution in [-0.2, 0) is 6.42 Å². The predicted molar refractivity (Wildman–Crippen MR) is 98.3 cm³/mol. The summed E-state index contributed by atoms with van der Waals surface area (Å²) >= 11 is 4.92. The van der Waals surface area contributed by atoms with E-state index in [1.54, 1.807) is 0 Å². The van der Waals surface area contributed by atoms with Gasteiger partial charge in [-0.1, -0.05) is 24.3 Å². The van der Waals surface area contributed by atoms with Crippen molar-refractivity contribution in [2.45, 2.75) is 62.8 Å². The van der Waals surface area contributed by atoms with E-state index in [2.05, 4.69) is 50.1 Å². The van der Waals surface area contributed by atoms with E-state index in [-0.39, 0.29) is 10.8 Å². The quantitative estimate of drug-likeness (QED) is 0.646. The topological polar surface area (TPSA) is 15.6 Å². The number of rotatable bonds is 4. The number of hydrogen-bond donors (Lipinski definition) is 1. The second-order valence-electron chi connectivity index (χ2n) is 7.32. The number of thiol groups is 1. The molecule has 1 fully saturated rings. The fourth-order valence-corrected chi connectivity index (χ4v) is 4.36. The van der Waals surface area contributed by atoms with Crippen LogP contribution in [0.15, 0.2) is 29.3 Å². The van der Waals surface area contributed by atoms with Crippen molar-refractivity contribution in [3.63, 3.8) is 0 Å². The van der Waals surface area contributed by atoms with Gasteiger partial charge in [0.15, 0.2) is 0 Å². The summed E-state index contributed by atoms with van der Waals surface area (Å²) in [5, 5.41) is 0. The Morgan fingerprint density at radius 2 is 2.18 bits per heavy atom. The molecule has 0 saturated carbocycles. The molecule has 120 valence electrons. The molecule has 3 rings (SSSR count). The smallest absolute Gasteiger partial charge is 0.0895 e. The van der Waals surface area contributed by atoms with Crippen LogP contribution in [0.3, 0.4) is 0 Å². The van der Waals surface area contributed by atoms with E-state index >= 15 is 0 Å². The Bertz CT molecular complexity index is 564. The van der Waals surface area contributed by atoms with Crippen LogP contribution in [0, 0.1) is 0 Å². The van der Waals surface area contributed by atoms with Gasteiger partial charge in [0, 0.05) is 16.5 Å². The SMILES string of the molecule is CC(CCC1CCCN1C)=NC1c2ccccc2CC1(C)S. The molecule has 2 nitrogen and oxygen atoms in total. The molecule has 1 saturated heterocycles. The molecule has 3 heteroatoms. The zero-order valence-electron chi connectivity index (χ0n) is 14.0. The van der Waals surface area contributed by atoms with E-state index in [9.17, 15) is 0 Å². The second kappa shape index (κ2) is 6.37. The minimum Gasteiger partial charge on any atom is -0.303 e. The van der Waals surface area contributed by atoms with Crippen molar-refractivity contribution < 1.29 is 0 Å². The fourth-order valence-electron chi connectivity index (χ4n) is 3.99. The first-order chi connectivity index (χ1) is 10.5. The van der Waals surface area contributed by atoms with Crippen LogP contribution in [0.1, 0.15) is 56.7 Å². The molecule has 0 radical (unpaired) electrons. The van der Waals surface area contributed by atoms with Gasteiger partial charge in [-0.2, -0.15) is 12.6 Å². The number of benzene rings is 1. The van der Waals surface area contributed by atoms with Gasteiger partial charge in [-0.25, -0.2) is 0 Å². The van der Waals surface area contributed by atoms with Crippen LogP contribution < -0.4 is 0 Å². The Hall–Kier alpha value is -0.800. The van der Waals surface area contributed by atoms with Crippen molar-refractivity contribution in [1.29, 1.82) is 0 Å². The minimum atomic E-state index is -0.0604. The van der Waals surface area contributed by atoms with Crippen LogP contribution in [0.5, 0.6) is 0 Å². The zero-order chi connectivity index (χ0) is 15.7. The van der Waals surface area contributed by atoms with E-state index in [1.165, 1.54) is 42.6 Å². The summed E-state index contributed by atoms with van der Waals surface area (Å²) in [5.41, 5.74) is 4.07. The normalized spacial score (nSPS) is 32.5. The van der Waals surface area contributed by atoms with Crippen molar-refractivity contribution >= 4 is 18.3 Å². The van der Waals surface area contributed by atoms with Crippen LogP contribution in [-0.4, -0.2) is 35.0 Å². The third kappa shape index (κ3) is 3.26.